The highest BCUT2D eigenvalue weighted by Crippen LogP contribution is 2.17. The predicted octanol–water partition coefficient (Wildman–Crippen LogP) is 3.05. The first-order valence-corrected chi connectivity index (χ1v) is 7.54. The van der Waals surface area contributed by atoms with E-state index in [9.17, 15) is 4.79 Å². The van der Waals surface area contributed by atoms with Gasteiger partial charge in [0.25, 0.3) is 0 Å². The molecule has 0 radical (unpaired) electrons. The van der Waals surface area contributed by atoms with Crippen molar-refractivity contribution in [2.24, 2.45) is 5.73 Å². The first-order chi connectivity index (χ1) is 8.58. The van der Waals surface area contributed by atoms with Gasteiger partial charge in [0.1, 0.15) is 0 Å². The van der Waals surface area contributed by atoms with E-state index in [4.69, 9.17) is 5.73 Å². The number of primary amides is 1. The summed E-state index contributed by atoms with van der Waals surface area (Å²) in [6.07, 6.45) is 5.45. The quantitative estimate of drug-likeness (QED) is 0.676. The standard InChI is InChI=1S/C14H24N2OS/c1-3-4-5-6-9-14(2,13(15)17)16-11-12-8-7-10-18-12/h7-8,10,16H,3-6,9,11H2,1-2H3,(H2,15,17). The maximum absolute atomic E-state index is 11.6. The smallest absolute Gasteiger partial charge is 0.237 e. The van der Waals surface area contributed by atoms with Gasteiger partial charge in [-0.25, -0.2) is 0 Å². The Morgan fingerprint density at radius 1 is 1.44 bits per heavy atom. The number of carbonyl (C=O) groups excluding carboxylic acids is 1. The first-order valence-electron chi connectivity index (χ1n) is 6.66. The van der Waals surface area contributed by atoms with Crippen molar-refractivity contribution in [1.82, 2.24) is 5.32 Å². The van der Waals surface area contributed by atoms with E-state index in [1.807, 2.05) is 18.4 Å². The number of hydrogen-bond donors (Lipinski definition) is 2. The third-order valence-corrected chi connectivity index (χ3v) is 4.18. The van der Waals surface area contributed by atoms with Crippen molar-refractivity contribution in [2.45, 2.75) is 58.0 Å². The minimum absolute atomic E-state index is 0.254. The Labute approximate surface area is 114 Å². The summed E-state index contributed by atoms with van der Waals surface area (Å²) in [7, 11) is 0. The summed E-state index contributed by atoms with van der Waals surface area (Å²) < 4.78 is 0. The number of hydrogen-bond acceptors (Lipinski definition) is 3. The van der Waals surface area contributed by atoms with Gasteiger partial charge in [-0.1, -0.05) is 38.7 Å². The molecule has 0 aliphatic rings. The highest BCUT2D eigenvalue weighted by molar-refractivity contribution is 7.09. The fraction of sp³-hybridized carbons (Fsp3) is 0.643. The zero-order valence-corrected chi connectivity index (χ0v) is 12.2. The molecule has 0 saturated heterocycles. The number of carbonyl (C=O) groups is 1. The van der Waals surface area contributed by atoms with E-state index in [2.05, 4.69) is 18.3 Å². The normalized spacial score (nSPS) is 14.3. The Morgan fingerprint density at radius 3 is 2.78 bits per heavy atom. The van der Waals surface area contributed by atoms with E-state index in [-0.39, 0.29) is 5.91 Å². The molecule has 3 N–H and O–H groups in total. The van der Waals surface area contributed by atoms with Crippen LogP contribution in [-0.4, -0.2) is 11.4 Å². The molecule has 1 heterocycles. The van der Waals surface area contributed by atoms with Crippen LogP contribution < -0.4 is 11.1 Å². The van der Waals surface area contributed by atoms with Crippen LogP contribution in [0.3, 0.4) is 0 Å². The van der Waals surface area contributed by atoms with Crippen LogP contribution in [0.5, 0.6) is 0 Å². The van der Waals surface area contributed by atoms with Crippen LogP contribution in [0.1, 0.15) is 50.8 Å². The maximum Gasteiger partial charge on any atom is 0.237 e. The molecule has 0 spiro atoms. The SMILES string of the molecule is CCCCCCC(C)(NCc1cccs1)C(N)=O. The van der Waals surface area contributed by atoms with Crippen molar-refractivity contribution in [3.05, 3.63) is 22.4 Å². The average Bonchev–Trinajstić information content (AvgIpc) is 2.85. The first kappa shape index (κ1) is 15.2. The van der Waals surface area contributed by atoms with Crippen LogP contribution in [0, 0.1) is 0 Å². The van der Waals surface area contributed by atoms with Crippen LogP contribution in [0.2, 0.25) is 0 Å². The summed E-state index contributed by atoms with van der Waals surface area (Å²) in [5.74, 6) is -0.254. The van der Waals surface area contributed by atoms with Crippen molar-refractivity contribution in [1.29, 1.82) is 0 Å². The second-order valence-corrected chi connectivity index (χ2v) is 5.97. The van der Waals surface area contributed by atoms with Crippen LogP contribution >= 0.6 is 11.3 Å². The van der Waals surface area contributed by atoms with Crippen LogP contribution in [0.4, 0.5) is 0 Å². The van der Waals surface area contributed by atoms with Crippen molar-refractivity contribution < 1.29 is 4.79 Å². The van der Waals surface area contributed by atoms with E-state index in [1.54, 1.807) is 11.3 Å². The predicted molar refractivity (Wildman–Crippen MR) is 77.5 cm³/mol. The van der Waals surface area contributed by atoms with Gasteiger partial charge in [-0.2, -0.15) is 0 Å². The van der Waals surface area contributed by atoms with Gasteiger partial charge in [-0.3, -0.25) is 10.1 Å². The zero-order valence-electron chi connectivity index (χ0n) is 11.4. The number of nitrogens with one attached hydrogen (secondary N) is 1. The number of thiophene rings is 1. The average molecular weight is 268 g/mol. The number of unbranched alkanes of at least 4 members (excludes halogenated alkanes) is 3. The topological polar surface area (TPSA) is 55.1 Å². The third-order valence-electron chi connectivity index (χ3n) is 3.31. The highest BCUT2D eigenvalue weighted by Gasteiger charge is 2.29. The molecule has 4 heteroatoms. The Hall–Kier alpha value is -0.870. The van der Waals surface area contributed by atoms with E-state index in [0.29, 0.717) is 6.54 Å². The van der Waals surface area contributed by atoms with Crippen LogP contribution in [0.15, 0.2) is 17.5 Å². The van der Waals surface area contributed by atoms with Gasteiger partial charge in [0.05, 0.1) is 5.54 Å². The third kappa shape index (κ3) is 4.78. The Balaban J connectivity index is 2.43. The van der Waals surface area contributed by atoms with Gasteiger partial charge in [0, 0.05) is 11.4 Å². The molecule has 0 saturated carbocycles. The van der Waals surface area contributed by atoms with Gasteiger partial charge in [-0.15, -0.1) is 11.3 Å². The molecule has 1 aromatic heterocycles. The minimum Gasteiger partial charge on any atom is -0.368 e. The Kier molecular flexibility index (Phi) is 6.36. The number of rotatable bonds is 9. The van der Waals surface area contributed by atoms with E-state index < -0.39 is 5.54 Å². The number of nitrogens with two attached hydrogens (primary N) is 1. The van der Waals surface area contributed by atoms with Gasteiger partial charge in [0.15, 0.2) is 0 Å². The molecular formula is C14H24N2OS. The minimum atomic E-state index is -0.586. The zero-order chi connectivity index (χ0) is 13.4. The van der Waals surface area contributed by atoms with Gasteiger partial charge in [-0.05, 0) is 24.8 Å². The van der Waals surface area contributed by atoms with Crippen LogP contribution in [-0.2, 0) is 11.3 Å². The molecule has 0 aliphatic heterocycles. The molecule has 0 aliphatic carbocycles. The van der Waals surface area contributed by atoms with Gasteiger partial charge in [0.2, 0.25) is 5.91 Å². The maximum atomic E-state index is 11.6. The van der Waals surface area contributed by atoms with Crippen LogP contribution in [0.25, 0.3) is 0 Å². The molecule has 0 fully saturated rings. The number of amides is 1. The fourth-order valence-corrected chi connectivity index (χ4v) is 2.54. The summed E-state index contributed by atoms with van der Waals surface area (Å²) in [5.41, 5.74) is 4.94. The Morgan fingerprint density at radius 2 is 2.22 bits per heavy atom. The van der Waals surface area contributed by atoms with Crippen molar-refractivity contribution >= 4 is 17.2 Å². The second-order valence-electron chi connectivity index (χ2n) is 4.94. The van der Waals surface area contributed by atoms with Crippen molar-refractivity contribution in [3.8, 4) is 0 Å². The van der Waals surface area contributed by atoms with Crippen molar-refractivity contribution in [2.75, 3.05) is 0 Å². The molecule has 1 amide bonds. The summed E-state index contributed by atoms with van der Waals surface area (Å²) in [4.78, 5) is 12.8. The monoisotopic (exact) mass is 268 g/mol. The summed E-state index contributed by atoms with van der Waals surface area (Å²) in [6.45, 7) is 4.81. The lowest BCUT2D eigenvalue weighted by atomic mass is 9.93. The molecule has 1 rings (SSSR count). The van der Waals surface area contributed by atoms with Crippen molar-refractivity contribution in [3.63, 3.8) is 0 Å². The molecule has 0 aromatic carbocycles. The van der Waals surface area contributed by atoms with Gasteiger partial charge < -0.3 is 5.73 Å². The lowest BCUT2D eigenvalue weighted by Gasteiger charge is -2.27. The highest BCUT2D eigenvalue weighted by atomic mass is 32.1. The Bertz CT molecular complexity index is 351. The summed E-state index contributed by atoms with van der Waals surface area (Å²) in [6, 6.07) is 4.08. The molecule has 1 unspecified atom stereocenters. The molecule has 1 atom stereocenters. The molecular weight excluding hydrogens is 244 g/mol. The largest absolute Gasteiger partial charge is 0.368 e. The lowest BCUT2D eigenvalue weighted by Crippen LogP contribution is -2.52. The molecule has 18 heavy (non-hydrogen) atoms. The van der Waals surface area contributed by atoms with E-state index in [0.717, 1.165) is 12.8 Å². The lowest BCUT2D eigenvalue weighted by molar-refractivity contribution is -0.124. The second kappa shape index (κ2) is 7.54. The summed E-state index contributed by atoms with van der Waals surface area (Å²) >= 11 is 1.69. The molecule has 0 bridgehead atoms. The molecule has 3 nitrogen and oxygen atoms in total. The van der Waals surface area contributed by atoms with E-state index in [1.165, 1.54) is 24.1 Å². The molecule has 102 valence electrons. The van der Waals surface area contributed by atoms with E-state index >= 15 is 0 Å². The fourth-order valence-electron chi connectivity index (χ4n) is 1.90. The summed E-state index contributed by atoms with van der Waals surface area (Å²) in [5, 5.41) is 5.35. The molecule has 1 aromatic rings. The van der Waals surface area contributed by atoms with Gasteiger partial charge >= 0.3 is 0 Å².